The van der Waals surface area contributed by atoms with Gasteiger partial charge in [0.15, 0.2) is 0 Å². The number of hydrogen-bond acceptors (Lipinski definition) is 1. The minimum absolute atomic E-state index is 0.0190. The van der Waals surface area contributed by atoms with Crippen LogP contribution in [0.2, 0.25) is 0 Å². The SMILES string of the molecule is CC(C)/C=C/CCCC(C)(C)COC(C)(C)C. The van der Waals surface area contributed by atoms with Crippen molar-refractivity contribution < 1.29 is 4.74 Å². The number of allylic oxidation sites excluding steroid dienone is 2. The normalized spacial score (nSPS) is 13.9. The molecule has 0 aliphatic rings. The first-order valence-corrected chi connectivity index (χ1v) is 6.93. The fourth-order valence-corrected chi connectivity index (χ4v) is 1.55. The fraction of sp³-hybridized carbons (Fsp3) is 0.875. The van der Waals surface area contributed by atoms with E-state index in [9.17, 15) is 0 Å². The van der Waals surface area contributed by atoms with Gasteiger partial charge in [-0.05, 0) is 51.4 Å². The Morgan fingerprint density at radius 1 is 1.06 bits per heavy atom. The van der Waals surface area contributed by atoms with Crippen molar-refractivity contribution in [3.8, 4) is 0 Å². The van der Waals surface area contributed by atoms with Crippen molar-refractivity contribution in [2.45, 2.75) is 73.3 Å². The van der Waals surface area contributed by atoms with Gasteiger partial charge in [-0.1, -0.05) is 39.8 Å². The highest BCUT2D eigenvalue weighted by Crippen LogP contribution is 2.26. The van der Waals surface area contributed by atoms with Gasteiger partial charge in [0, 0.05) is 0 Å². The molecule has 0 saturated heterocycles. The number of rotatable bonds is 7. The minimum atomic E-state index is -0.0190. The second-order valence-electron chi connectivity index (χ2n) is 7.13. The number of hydrogen-bond donors (Lipinski definition) is 0. The number of unbranched alkanes of at least 4 members (excludes halogenated alkanes) is 1. The molecule has 0 aliphatic carbocycles. The summed E-state index contributed by atoms with van der Waals surface area (Å²) in [7, 11) is 0. The summed E-state index contributed by atoms with van der Waals surface area (Å²) in [6.07, 6.45) is 8.27. The van der Waals surface area contributed by atoms with Gasteiger partial charge >= 0.3 is 0 Å². The molecule has 0 aromatic rings. The van der Waals surface area contributed by atoms with E-state index in [1.165, 1.54) is 19.3 Å². The van der Waals surface area contributed by atoms with Crippen LogP contribution in [0.5, 0.6) is 0 Å². The third kappa shape index (κ3) is 12.0. The van der Waals surface area contributed by atoms with E-state index in [2.05, 4.69) is 60.6 Å². The van der Waals surface area contributed by atoms with Crippen LogP contribution in [0.3, 0.4) is 0 Å². The third-order valence-corrected chi connectivity index (χ3v) is 2.64. The van der Waals surface area contributed by atoms with Crippen LogP contribution < -0.4 is 0 Å². The molecule has 0 atom stereocenters. The smallest absolute Gasteiger partial charge is 0.0598 e. The van der Waals surface area contributed by atoms with E-state index in [0.717, 1.165) is 6.61 Å². The maximum atomic E-state index is 5.87. The second-order valence-corrected chi connectivity index (χ2v) is 7.13. The Hall–Kier alpha value is -0.300. The van der Waals surface area contributed by atoms with Gasteiger partial charge in [-0.25, -0.2) is 0 Å². The molecule has 0 rings (SSSR count). The maximum Gasteiger partial charge on any atom is 0.0598 e. The standard InChI is InChI=1S/C16H32O/c1-14(2)11-9-8-10-12-16(6,7)13-17-15(3,4)5/h9,11,14H,8,10,12-13H2,1-7H3/b11-9+. The molecule has 0 aromatic heterocycles. The van der Waals surface area contributed by atoms with E-state index in [1.54, 1.807) is 0 Å². The zero-order valence-corrected chi connectivity index (χ0v) is 13.0. The van der Waals surface area contributed by atoms with E-state index >= 15 is 0 Å². The maximum absolute atomic E-state index is 5.87. The van der Waals surface area contributed by atoms with E-state index in [1.807, 2.05) is 0 Å². The van der Waals surface area contributed by atoms with Crippen molar-refractivity contribution in [1.82, 2.24) is 0 Å². The van der Waals surface area contributed by atoms with Crippen LogP contribution >= 0.6 is 0 Å². The van der Waals surface area contributed by atoms with Crippen molar-refractivity contribution in [3.63, 3.8) is 0 Å². The Labute approximate surface area is 109 Å². The summed E-state index contributed by atoms with van der Waals surface area (Å²) in [6, 6.07) is 0. The summed E-state index contributed by atoms with van der Waals surface area (Å²) in [5.74, 6) is 0.673. The average molecular weight is 240 g/mol. The van der Waals surface area contributed by atoms with Crippen LogP contribution in [0.25, 0.3) is 0 Å². The van der Waals surface area contributed by atoms with Crippen molar-refractivity contribution in [1.29, 1.82) is 0 Å². The number of ether oxygens (including phenoxy) is 1. The predicted molar refractivity (Wildman–Crippen MR) is 77.3 cm³/mol. The van der Waals surface area contributed by atoms with Gasteiger partial charge in [-0.3, -0.25) is 0 Å². The van der Waals surface area contributed by atoms with E-state index < -0.39 is 0 Å². The molecule has 102 valence electrons. The van der Waals surface area contributed by atoms with Gasteiger partial charge in [-0.2, -0.15) is 0 Å². The summed E-state index contributed by atoms with van der Waals surface area (Å²) in [4.78, 5) is 0. The van der Waals surface area contributed by atoms with E-state index in [0.29, 0.717) is 11.3 Å². The Morgan fingerprint density at radius 3 is 2.12 bits per heavy atom. The van der Waals surface area contributed by atoms with Gasteiger partial charge in [0.1, 0.15) is 0 Å². The largest absolute Gasteiger partial charge is 0.375 e. The molecule has 0 aromatic carbocycles. The quantitative estimate of drug-likeness (QED) is 0.438. The first-order chi connectivity index (χ1) is 7.62. The van der Waals surface area contributed by atoms with Gasteiger partial charge in [0.05, 0.1) is 12.2 Å². The predicted octanol–water partition coefficient (Wildman–Crippen LogP) is 5.21. The van der Waals surface area contributed by atoms with Crippen molar-refractivity contribution in [3.05, 3.63) is 12.2 Å². The van der Waals surface area contributed by atoms with Crippen LogP contribution in [0.4, 0.5) is 0 Å². The van der Waals surface area contributed by atoms with Crippen LogP contribution in [0, 0.1) is 11.3 Å². The van der Waals surface area contributed by atoms with Crippen LogP contribution in [-0.2, 0) is 4.74 Å². The Bertz CT molecular complexity index is 218. The van der Waals surface area contributed by atoms with Gasteiger partial charge in [-0.15, -0.1) is 0 Å². The Morgan fingerprint density at radius 2 is 1.65 bits per heavy atom. The van der Waals surface area contributed by atoms with E-state index in [-0.39, 0.29) is 5.60 Å². The highest BCUT2D eigenvalue weighted by Gasteiger charge is 2.21. The van der Waals surface area contributed by atoms with E-state index in [4.69, 9.17) is 4.74 Å². The molecule has 0 heterocycles. The van der Waals surface area contributed by atoms with Gasteiger partial charge < -0.3 is 4.74 Å². The molecule has 0 amide bonds. The summed E-state index contributed by atoms with van der Waals surface area (Å²) >= 11 is 0. The first kappa shape index (κ1) is 16.7. The molecule has 0 spiro atoms. The average Bonchev–Trinajstić information content (AvgIpc) is 2.13. The Balaban J connectivity index is 3.78. The zero-order chi connectivity index (χ0) is 13.5. The van der Waals surface area contributed by atoms with Gasteiger partial charge in [0.25, 0.3) is 0 Å². The molecular formula is C16H32O. The fourth-order valence-electron chi connectivity index (χ4n) is 1.55. The van der Waals surface area contributed by atoms with Gasteiger partial charge in [0.2, 0.25) is 0 Å². The molecule has 0 N–H and O–H groups in total. The molecular weight excluding hydrogens is 208 g/mol. The minimum Gasteiger partial charge on any atom is -0.375 e. The van der Waals surface area contributed by atoms with Crippen molar-refractivity contribution in [2.75, 3.05) is 6.61 Å². The summed E-state index contributed by atoms with van der Waals surface area (Å²) in [5.41, 5.74) is 0.272. The lowest BCUT2D eigenvalue weighted by Gasteiger charge is -2.29. The van der Waals surface area contributed by atoms with Crippen molar-refractivity contribution in [2.24, 2.45) is 11.3 Å². The van der Waals surface area contributed by atoms with Crippen molar-refractivity contribution >= 4 is 0 Å². The molecule has 0 unspecified atom stereocenters. The summed E-state index contributed by atoms with van der Waals surface area (Å²) in [6.45, 7) is 16.2. The summed E-state index contributed by atoms with van der Waals surface area (Å²) in [5, 5.41) is 0. The highest BCUT2D eigenvalue weighted by atomic mass is 16.5. The topological polar surface area (TPSA) is 9.23 Å². The highest BCUT2D eigenvalue weighted by molar-refractivity contribution is 4.84. The second kappa shape index (κ2) is 7.20. The lowest BCUT2D eigenvalue weighted by molar-refractivity contribution is -0.0452. The molecule has 0 fully saturated rings. The zero-order valence-electron chi connectivity index (χ0n) is 13.0. The lowest BCUT2D eigenvalue weighted by atomic mass is 9.88. The van der Waals surface area contributed by atoms with Crippen LogP contribution in [-0.4, -0.2) is 12.2 Å². The molecule has 1 heteroatoms. The Kier molecular flexibility index (Phi) is 7.08. The third-order valence-electron chi connectivity index (χ3n) is 2.64. The summed E-state index contributed by atoms with van der Waals surface area (Å²) < 4.78 is 5.87. The van der Waals surface area contributed by atoms with Crippen LogP contribution in [0.1, 0.15) is 67.7 Å². The molecule has 17 heavy (non-hydrogen) atoms. The lowest BCUT2D eigenvalue weighted by Crippen LogP contribution is -2.28. The van der Waals surface area contributed by atoms with Crippen LogP contribution in [0.15, 0.2) is 12.2 Å². The molecule has 0 radical (unpaired) electrons. The first-order valence-electron chi connectivity index (χ1n) is 6.93. The molecule has 0 bridgehead atoms. The molecule has 1 nitrogen and oxygen atoms in total. The molecule has 0 aliphatic heterocycles. The molecule has 0 saturated carbocycles. The monoisotopic (exact) mass is 240 g/mol.